The van der Waals surface area contributed by atoms with E-state index in [-0.39, 0.29) is 0 Å². The molecule has 0 bridgehead atoms. The highest BCUT2D eigenvalue weighted by molar-refractivity contribution is 6.35. The molecule has 0 spiro atoms. The van der Waals surface area contributed by atoms with Crippen LogP contribution >= 0.6 is 34.8 Å². The average Bonchev–Trinajstić information content (AvgIpc) is 2.91. The number of halogens is 3. The van der Waals surface area contributed by atoms with Gasteiger partial charge in [0.15, 0.2) is 0 Å². The molecule has 0 atom stereocenters. The standard InChI is InChI=1S/C16H11Cl3N2/c17-12-4-1-10(2-5-12)15-9-20-16(21-15)7-11-3-6-13(18)8-14(11)19/h1-6,8-9H,7H2,(H,20,21). The van der Waals surface area contributed by atoms with Crippen molar-refractivity contribution in [2.24, 2.45) is 0 Å². The lowest BCUT2D eigenvalue weighted by atomic mass is 10.1. The lowest BCUT2D eigenvalue weighted by molar-refractivity contribution is 1.03. The van der Waals surface area contributed by atoms with Gasteiger partial charge >= 0.3 is 0 Å². The van der Waals surface area contributed by atoms with Crippen LogP contribution in [0.15, 0.2) is 48.7 Å². The average molecular weight is 338 g/mol. The topological polar surface area (TPSA) is 28.7 Å². The van der Waals surface area contributed by atoms with Crippen LogP contribution in [0.25, 0.3) is 11.3 Å². The van der Waals surface area contributed by atoms with Crippen molar-refractivity contribution < 1.29 is 0 Å². The van der Waals surface area contributed by atoms with Crippen molar-refractivity contribution in [3.63, 3.8) is 0 Å². The quantitative estimate of drug-likeness (QED) is 0.659. The summed E-state index contributed by atoms with van der Waals surface area (Å²) >= 11 is 18.0. The van der Waals surface area contributed by atoms with Crippen molar-refractivity contribution in [3.05, 3.63) is 75.1 Å². The molecule has 21 heavy (non-hydrogen) atoms. The second-order valence-corrected chi connectivity index (χ2v) is 5.93. The molecule has 0 amide bonds. The first kappa shape index (κ1) is 14.5. The number of hydrogen-bond donors (Lipinski definition) is 1. The number of nitrogens with one attached hydrogen (secondary N) is 1. The summed E-state index contributed by atoms with van der Waals surface area (Å²) in [7, 11) is 0. The fourth-order valence-electron chi connectivity index (χ4n) is 2.07. The zero-order chi connectivity index (χ0) is 14.8. The van der Waals surface area contributed by atoms with Crippen LogP contribution in [-0.4, -0.2) is 9.97 Å². The van der Waals surface area contributed by atoms with Crippen LogP contribution in [-0.2, 0) is 6.42 Å². The molecule has 0 fully saturated rings. The Kier molecular flexibility index (Phi) is 4.20. The SMILES string of the molecule is Clc1ccc(-c2c[nH]c(Cc3ccc(Cl)cc3Cl)n2)cc1. The van der Waals surface area contributed by atoms with Crippen molar-refractivity contribution in [1.29, 1.82) is 0 Å². The minimum absolute atomic E-state index is 0.629. The summed E-state index contributed by atoms with van der Waals surface area (Å²) in [5.41, 5.74) is 2.88. The lowest BCUT2D eigenvalue weighted by Gasteiger charge is -2.02. The van der Waals surface area contributed by atoms with E-state index in [0.717, 1.165) is 22.6 Å². The molecule has 2 aromatic carbocycles. The van der Waals surface area contributed by atoms with Gasteiger partial charge in [0.2, 0.25) is 0 Å². The Balaban J connectivity index is 1.83. The lowest BCUT2D eigenvalue weighted by Crippen LogP contribution is -1.92. The van der Waals surface area contributed by atoms with E-state index in [4.69, 9.17) is 34.8 Å². The number of nitrogens with zero attached hydrogens (tertiary/aromatic N) is 1. The Morgan fingerprint density at radius 3 is 2.33 bits per heavy atom. The van der Waals surface area contributed by atoms with Crippen LogP contribution in [0.2, 0.25) is 15.1 Å². The fourth-order valence-corrected chi connectivity index (χ4v) is 2.67. The first-order chi connectivity index (χ1) is 10.1. The van der Waals surface area contributed by atoms with Gasteiger partial charge in [0, 0.05) is 33.2 Å². The third-order valence-electron chi connectivity index (χ3n) is 3.14. The van der Waals surface area contributed by atoms with Crippen LogP contribution in [0.1, 0.15) is 11.4 Å². The second-order valence-electron chi connectivity index (χ2n) is 4.65. The second kappa shape index (κ2) is 6.10. The van der Waals surface area contributed by atoms with Gasteiger partial charge in [-0.25, -0.2) is 4.98 Å². The minimum Gasteiger partial charge on any atom is -0.348 e. The van der Waals surface area contributed by atoms with Crippen LogP contribution in [0, 0.1) is 0 Å². The van der Waals surface area contributed by atoms with Crippen molar-refractivity contribution in [3.8, 4) is 11.3 Å². The Labute approximate surface area is 137 Å². The Hall–Kier alpha value is -1.48. The molecule has 1 aromatic heterocycles. The molecular weight excluding hydrogens is 327 g/mol. The van der Waals surface area contributed by atoms with Crippen LogP contribution in [0.3, 0.4) is 0 Å². The van der Waals surface area contributed by atoms with Gasteiger partial charge in [-0.05, 0) is 29.8 Å². The monoisotopic (exact) mass is 336 g/mol. The Bertz CT molecular complexity index is 763. The van der Waals surface area contributed by atoms with E-state index < -0.39 is 0 Å². The number of imidazole rings is 1. The predicted octanol–water partition coefficient (Wildman–Crippen LogP) is 5.63. The van der Waals surface area contributed by atoms with Gasteiger partial charge in [0.25, 0.3) is 0 Å². The maximum absolute atomic E-state index is 6.18. The van der Waals surface area contributed by atoms with Crippen LogP contribution in [0.5, 0.6) is 0 Å². The Morgan fingerprint density at radius 1 is 0.905 bits per heavy atom. The molecule has 3 aromatic rings. The third kappa shape index (κ3) is 3.41. The van der Waals surface area contributed by atoms with E-state index in [1.165, 1.54) is 0 Å². The van der Waals surface area contributed by atoms with Gasteiger partial charge in [0.1, 0.15) is 5.82 Å². The van der Waals surface area contributed by atoms with Gasteiger partial charge in [-0.2, -0.15) is 0 Å². The van der Waals surface area contributed by atoms with Gasteiger partial charge in [-0.15, -0.1) is 0 Å². The number of hydrogen-bond acceptors (Lipinski definition) is 1. The van der Waals surface area contributed by atoms with E-state index in [9.17, 15) is 0 Å². The van der Waals surface area contributed by atoms with Crippen LogP contribution in [0.4, 0.5) is 0 Å². The predicted molar refractivity (Wildman–Crippen MR) is 88.3 cm³/mol. The van der Waals surface area contributed by atoms with Gasteiger partial charge in [-0.1, -0.05) is 53.0 Å². The van der Waals surface area contributed by atoms with Gasteiger partial charge in [0.05, 0.1) is 5.69 Å². The molecular formula is C16H11Cl3N2. The molecule has 0 aliphatic carbocycles. The fraction of sp³-hybridized carbons (Fsp3) is 0.0625. The minimum atomic E-state index is 0.629. The first-order valence-electron chi connectivity index (χ1n) is 6.36. The highest BCUT2D eigenvalue weighted by Gasteiger charge is 2.07. The molecule has 1 heterocycles. The van der Waals surface area contributed by atoms with Crippen molar-refractivity contribution in [2.75, 3.05) is 0 Å². The maximum atomic E-state index is 6.18. The summed E-state index contributed by atoms with van der Waals surface area (Å²) in [6.07, 6.45) is 2.51. The maximum Gasteiger partial charge on any atom is 0.111 e. The summed E-state index contributed by atoms with van der Waals surface area (Å²) in [6.45, 7) is 0. The molecule has 5 heteroatoms. The number of aromatic amines is 1. The molecule has 2 nitrogen and oxygen atoms in total. The number of rotatable bonds is 3. The molecule has 0 aliphatic heterocycles. The third-order valence-corrected chi connectivity index (χ3v) is 3.98. The van der Waals surface area contributed by atoms with E-state index in [0.29, 0.717) is 21.5 Å². The first-order valence-corrected chi connectivity index (χ1v) is 7.49. The zero-order valence-electron chi connectivity index (χ0n) is 10.9. The summed E-state index contributed by atoms with van der Waals surface area (Å²) < 4.78 is 0. The van der Waals surface area contributed by atoms with E-state index in [1.54, 1.807) is 6.07 Å². The van der Waals surface area contributed by atoms with Gasteiger partial charge < -0.3 is 4.98 Å². The molecule has 3 rings (SSSR count). The van der Waals surface area contributed by atoms with E-state index in [2.05, 4.69) is 9.97 Å². The van der Waals surface area contributed by atoms with E-state index in [1.807, 2.05) is 42.6 Å². The summed E-state index contributed by atoms with van der Waals surface area (Å²) in [6, 6.07) is 13.1. The number of benzene rings is 2. The molecule has 0 radical (unpaired) electrons. The molecule has 0 unspecified atom stereocenters. The normalized spacial score (nSPS) is 10.8. The summed E-state index contributed by atoms with van der Waals surface area (Å²) in [5.74, 6) is 0.851. The van der Waals surface area contributed by atoms with Crippen molar-refractivity contribution in [1.82, 2.24) is 9.97 Å². The molecule has 106 valence electrons. The summed E-state index contributed by atoms with van der Waals surface area (Å²) in [4.78, 5) is 7.75. The highest BCUT2D eigenvalue weighted by Crippen LogP contribution is 2.24. The number of H-pyrrole nitrogens is 1. The smallest absolute Gasteiger partial charge is 0.111 e. The van der Waals surface area contributed by atoms with Gasteiger partial charge in [-0.3, -0.25) is 0 Å². The molecule has 0 saturated carbocycles. The van der Waals surface area contributed by atoms with Crippen molar-refractivity contribution >= 4 is 34.8 Å². The largest absolute Gasteiger partial charge is 0.348 e. The highest BCUT2D eigenvalue weighted by atomic mass is 35.5. The summed E-state index contributed by atoms with van der Waals surface area (Å²) in [5, 5.41) is 1.99. The Morgan fingerprint density at radius 2 is 1.62 bits per heavy atom. The molecule has 0 aliphatic rings. The zero-order valence-corrected chi connectivity index (χ0v) is 13.2. The number of aromatic nitrogens is 2. The van der Waals surface area contributed by atoms with Crippen LogP contribution < -0.4 is 0 Å². The molecule has 0 saturated heterocycles. The molecule has 1 N–H and O–H groups in total. The van der Waals surface area contributed by atoms with Crippen molar-refractivity contribution in [2.45, 2.75) is 6.42 Å². The van der Waals surface area contributed by atoms with E-state index >= 15 is 0 Å².